The van der Waals surface area contributed by atoms with E-state index in [1.165, 1.54) is 13.0 Å². The van der Waals surface area contributed by atoms with E-state index in [1.807, 2.05) is 13.8 Å². The van der Waals surface area contributed by atoms with E-state index < -0.39 is 0 Å². The fourth-order valence-electron chi connectivity index (χ4n) is 2.09. The number of morpholine rings is 1. The van der Waals surface area contributed by atoms with E-state index in [0.29, 0.717) is 0 Å². The lowest BCUT2D eigenvalue weighted by atomic mass is 10.1. The highest BCUT2D eigenvalue weighted by Gasteiger charge is 2.31. The van der Waals surface area contributed by atoms with E-state index in [4.69, 9.17) is 4.74 Å². The van der Waals surface area contributed by atoms with Crippen LogP contribution in [0.5, 0.6) is 0 Å². The predicted molar refractivity (Wildman–Crippen MR) is 51.3 cm³/mol. The summed E-state index contributed by atoms with van der Waals surface area (Å²) in [7, 11) is 0. The van der Waals surface area contributed by atoms with E-state index in [2.05, 4.69) is 11.8 Å². The van der Waals surface area contributed by atoms with Crippen LogP contribution in [0.15, 0.2) is 0 Å². The van der Waals surface area contributed by atoms with E-state index in [9.17, 15) is 0 Å². The molecule has 1 unspecified atom stereocenters. The molecule has 0 aromatic carbocycles. The van der Waals surface area contributed by atoms with Gasteiger partial charge in [-0.3, -0.25) is 4.90 Å². The summed E-state index contributed by atoms with van der Waals surface area (Å²) in [6.45, 7) is 10.7. The first-order valence-corrected chi connectivity index (χ1v) is 5.18. The zero-order valence-electron chi connectivity index (χ0n) is 8.55. The van der Waals surface area contributed by atoms with Gasteiger partial charge in [-0.05, 0) is 12.3 Å². The zero-order valence-corrected chi connectivity index (χ0v) is 8.55. The van der Waals surface area contributed by atoms with Gasteiger partial charge in [0.15, 0.2) is 0 Å². The smallest absolute Gasteiger partial charge is 0.0622 e. The summed E-state index contributed by atoms with van der Waals surface area (Å²) in [4.78, 5) is 2.56. The van der Waals surface area contributed by atoms with Crippen LogP contribution in [0.1, 0.15) is 27.2 Å². The van der Waals surface area contributed by atoms with Gasteiger partial charge in [-0.1, -0.05) is 20.8 Å². The molecular formula is C10H21NO. The van der Waals surface area contributed by atoms with Crippen molar-refractivity contribution < 1.29 is 4.74 Å². The number of fused-ring (bicyclic) bond motifs is 1. The molecule has 0 spiro atoms. The second-order valence-corrected chi connectivity index (χ2v) is 3.56. The minimum absolute atomic E-state index is 0.753. The lowest BCUT2D eigenvalue weighted by Gasteiger charge is -2.28. The largest absolute Gasteiger partial charge is 0.378 e. The Morgan fingerprint density at radius 1 is 1.33 bits per heavy atom. The Hall–Kier alpha value is -0.0800. The molecule has 0 amide bonds. The standard InChI is InChI=1S/C8H15NO.C2H6/c1-7-4-8-6-10-3-2-9(8)5-7;1-2/h7-8H,2-6H2,1H3;1-2H3/t7?,8-;/m0./s1. The fraction of sp³-hybridized carbons (Fsp3) is 1.00. The summed E-state index contributed by atoms with van der Waals surface area (Å²) in [5, 5.41) is 0. The molecule has 2 saturated heterocycles. The first kappa shape index (κ1) is 10.0. The quantitative estimate of drug-likeness (QED) is 0.550. The average molecular weight is 171 g/mol. The Kier molecular flexibility index (Phi) is 4.02. The molecule has 2 nitrogen and oxygen atoms in total. The van der Waals surface area contributed by atoms with Crippen molar-refractivity contribution in [1.29, 1.82) is 0 Å². The fourth-order valence-corrected chi connectivity index (χ4v) is 2.09. The van der Waals surface area contributed by atoms with Crippen LogP contribution < -0.4 is 0 Å². The van der Waals surface area contributed by atoms with E-state index in [1.54, 1.807) is 0 Å². The normalized spacial score (nSPS) is 35.2. The maximum Gasteiger partial charge on any atom is 0.0622 e. The molecule has 2 heteroatoms. The van der Waals surface area contributed by atoms with Crippen LogP contribution in [0.4, 0.5) is 0 Å². The van der Waals surface area contributed by atoms with Crippen molar-refractivity contribution in [2.75, 3.05) is 26.3 Å². The van der Waals surface area contributed by atoms with Crippen molar-refractivity contribution in [3.63, 3.8) is 0 Å². The van der Waals surface area contributed by atoms with E-state index in [0.717, 1.165) is 31.7 Å². The number of ether oxygens (including phenoxy) is 1. The van der Waals surface area contributed by atoms with E-state index >= 15 is 0 Å². The van der Waals surface area contributed by atoms with Crippen molar-refractivity contribution in [2.45, 2.75) is 33.2 Å². The van der Waals surface area contributed by atoms with Gasteiger partial charge in [-0.15, -0.1) is 0 Å². The van der Waals surface area contributed by atoms with Crippen molar-refractivity contribution >= 4 is 0 Å². The van der Waals surface area contributed by atoms with E-state index in [-0.39, 0.29) is 0 Å². The third kappa shape index (κ3) is 2.20. The highest BCUT2D eigenvalue weighted by atomic mass is 16.5. The lowest BCUT2D eigenvalue weighted by Crippen LogP contribution is -2.40. The zero-order chi connectivity index (χ0) is 8.97. The molecule has 2 rings (SSSR count). The molecule has 0 radical (unpaired) electrons. The predicted octanol–water partition coefficient (Wildman–Crippen LogP) is 1.75. The number of nitrogens with zero attached hydrogens (tertiary/aromatic N) is 1. The van der Waals surface area contributed by atoms with Gasteiger partial charge < -0.3 is 4.74 Å². The molecule has 0 bridgehead atoms. The highest BCUT2D eigenvalue weighted by molar-refractivity contribution is 4.84. The second-order valence-electron chi connectivity index (χ2n) is 3.56. The van der Waals surface area contributed by atoms with Crippen LogP contribution in [0.25, 0.3) is 0 Å². The number of rotatable bonds is 0. The van der Waals surface area contributed by atoms with Gasteiger partial charge in [0.1, 0.15) is 0 Å². The van der Waals surface area contributed by atoms with Crippen LogP contribution in [-0.4, -0.2) is 37.2 Å². The molecular weight excluding hydrogens is 150 g/mol. The van der Waals surface area contributed by atoms with Gasteiger partial charge in [0.2, 0.25) is 0 Å². The molecule has 2 fully saturated rings. The molecule has 0 aromatic heterocycles. The molecule has 0 saturated carbocycles. The summed E-state index contributed by atoms with van der Waals surface area (Å²) in [6, 6.07) is 0.753. The SMILES string of the molecule is CC.CC1C[C@H]2COCCN2C1. The Morgan fingerprint density at radius 2 is 2.08 bits per heavy atom. The third-order valence-electron chi connectivity index (χ3n) is 2.57. The molecule has 2 atom stereocenters. The minimum Gasteiger partial charge on any atom is -0.378 e. The second kappa shape index (κ2) is 4.83. The van der Waals surface area contributed by atoms with Gasteiger partial charge in [0, 0.05) is 19.1 Å². The molecule has 2 aliphatic rings. The third-order valence-corrected chi connectivity index (χ3v) is 2.57. The Morgan fingerprint density at radius 3 is 2.75 bits per heavy atom. The number of hydrogen-bond donors (Lipinski definition) is 0. The van der Waals surface area contributed by atoms with Crippen molar-refractivity contribution in [3.8, 4) is 0 Å². The first-order chi connectivity index (χ1) is 5.86. The maximum absolute atomic E-state index is 5.39. The molecule has 0 aromatic rings. The Bertz CT molecular complexity index is 113. The average Bonchev–Trinajstić information content (AvgIpc) is 2.48. The van der Waals surface area contributed by atoms with Crippen LogP contribution >= 0.6 is 0 Å². The molecule has 0 aliphatic carbocycles. The van der Waals surface area contributed by atoms with Gasteiger partial charge in [-0.25, -0.2) is 0 Å². The first-order valence-electron chi connectivity index (χ1n) is 5.18. The molecule has 72 valence electrons. The number of hydrogen-bond acceptors (Lipinski definition) is 2. The van der Waals surface area contributed by atoms with Crippen molar-refractivity contribution in [1.82, 2.24) is 4.90 Å². The van der Waals surface area contributed by atoms with Gasteiger partial charge in [-0.2, -0.15) is 0 Å². The molecule has 0 N–H and O–H groups in total. The van der Waals surface area contributed by atoms with Crippen LogP contribution in [-0.2, 0) is 4.74 Å². The summed E-state index contributed by atoms with van der Waals surface area (Å²) in [5.41, 5.74) is 0. The van der Waals surface area contributed by atoms with Crippen LogP contribution in [0.3, 0.4) is 0 Å². The van der Waals surface area contributed by atoms with Crippen molar-refractivity contribution in [3.05, 3.63) is 0 Å². The molecule has 2 heterocycles. The Labute approximate surface area is 75.9 Å². The molecule has 2 aliphatic heterocycles. The lowest BCUT2D eigenvalue weighted by molar-refractivity contribution is 0.0128. The summed E-state index contributed by atoms with van der Waals surface area (Å²) < 4.78 is 5.39. The van der Waals surface area contributed by atoms with Gasteiger partial charge in [0.05, 0.1) is 13.2 Å². The summed E-state index contributed by atoms with van der Waals surface area (Å²) >= 11 is 0. The minimum atomic E-state index is 0.753. The van der Waals surface area contributed by atoms with Gasteiger partial charge in [0.25, 0.3) is 0 Å². The highest BCUT2D eigenvalue weighted by Crippen LogP contribution is 2.24. The Balaban J connectivity index is 0.000000336. The van der Waals surface area contributed by atoms with Crippen LogP contribution in [0.2, 0.25) is 0 Å². The van der Waals surface area contributed by atoms with Crippen molar-refractivity contribution in [2.24, 2.45) is 5.92 Å². The topological polar surface area (TPSA) is 12.5 Å². The summed E-state index contributed by atoms with van der Waals surface area (Å²) in [6.07, 6.45) is 1.35. The maximum atomic E-state index is 5.39. The molecule has 12 heavy (non-hydrogen) atoms. The summed E-state index contributed by atoms with van der Waals surface area (Å²) in [5.74, 6) is 0.895. The van der Waals surface area contributed by atoms with Crippen LogP contribution in [0, 0.1) is 5.92 Å². The van der Waals surface area contributed by atoms with Gasteiger partial charge >= 0.3 is 0 Å². The monoisotopic (exact) mass is 171 g/mol.